The summed E-state index contributed by atoms with van der Waals surface area (Å²) in [5, 5.41) is 18.3. The van der Waals surface area contributed by atoms with Gasteiger partial charge < -0.3 is 25.0 Å². The number of carboxylic acids is 2. The molecule has 24 heavy (non-hydrogen) atoms. The molecule has 3 N–H and O–H groups in total. The van der Waals surface area contributed by atoms with E-state index in [4.69, 9.17) is 29.3 Å². The molecule has 0 fully saturated rings. The van der Waals surface area contributed by atoms with Gasteiger partial charge in [-0.25, -0.2) is 9.59 Å². The Kier molecular flexibility index (Phi) is 11.9. The number of methoxy groups -OCH3 is 1. The van der Waals surface area contributed by atoms with Gasteiger partial charge in [0.2, 0.25) is 0 Å². The number of ether oxygens (including phenoxy) is 2. The van der Waals surface area contributed by atoms with Gasteiger partial charge in [-0.05, 0) is 44.9 Å². The van der Waals surface area contributed by atoms with Gasteiger partial charge in [-0.1, -0.05) is 13.0 Å². The van der Waals surface area contributed by atoms with E-state index in [1.807, 2.05) is 24.3 Å². The molecule has 7 heteroatoms. The Balaban J connectivity index is 0.000000754. The highest BCUT2D eigenvalue weighted by Crippen LogP contribution is 2.18. The van der Waals surface area contributed by atoms with Gasteiger partial charge in [-0.2, -0.15) is 0 Å². The number of nitrogens with one attached hydrogen (secondary N) is 1. The molecule has 0 aliphatic carbocycles. The predicted molar refractivity (Wildman–Crippen MR) is 90.8 cm³/mol. The van der Waals surface area contributed by atoms with Crippen molar-refractivity contribution in [2.75, 3.05) is 20.3 Å². The molecule has 0 saturated carbocycles. The van der Waals surface area contributed by atoms with E-state index in [2.05, 4.69) is 19.2 Å². The summed E-state index contributed by atoms with van der Waals surface area (Å²) in [5.74, 6) is -1.93. The summed E-state index contributed by atoms with van der Waals surface area (Å²) in [6.07, 6.45) is 3.40. The van der Waals surface area contributed by atoms with E-state index in [1.54, 1.807) is 7.11 Å². The molecule has 1 aromatic carbocycles. The molecule has 7 nitrogen and oxygen atoms in total. The molecule has 1 atom stereocenters. The van der Waals surface area contributed by atoms with Crippen molar-refractivity contribution in [2.45, 2.75) is 39.2 Å². The van der Waals surface area contributed by atoms with E-state index in [1.165, 1.54) is 6.42 Å². The molecular weight excluding hydrogens is 314 g/mol. The van der Waals surface area contributed by atoms with Crippen LogP contribution in [0.15, 0.2) is 24.3 Å². The van der Waals surface area contributed by atoms with Crippen LogP contribution in [0.5, 0.6) is 11.5 Å². The van der Waals surface area contributed by atoms with Gasteiger partial charge in [-0.15, -0.1) is 0 Å². The van der Waals surface area contributed by atoms with Crippen LogP contribution in [0, 0.1) is 0 Å². The van der Waals surface area contributed by atoms with Gasteiger partial charge in [0.25, 0.3) is 0 Å². The summed E-state index contributed by atoms with van der Waals surface area (Å²) < 4.78 is 10.8. The van der Waals surface area contributed by atoms with Crippen LogP contribution in [-0.4, -0.2) is 48.5 Å². The number of hydrogen-bond acceptors (Lipinski definition) is 5. The average Bonchev–Trinajstić information content (AvgIpc) is 2.58. The summed E-state index contributed by atoms with van der Waals surface area (Å²) in [7, 11) is 1.67. The third-order valence-electron chi connectivity index (χ3n) is 3.17. The maximum atomic E-state index is 9.10. The monoisotopic (exact) mass is 341 g/mol. The molecule has 136 valence electrons. The van der Waals surface area contributed by atoms with Crippen molar-refractivity contribution in [3.63, 3.8) is 0 Å². The highest BCUT2D eigenvalue weighted by atomic mass is 16.5. The normalized spacial score (nSPS) is 11.0. The lowest BCUT2D eigenvalue weighted by Gasteiger charge is -2.11. The summed E-state index contributed by atoms with van der Waals surface area (Å²) in [6, 6.07) is 8.35. The number of unbranched alkanes of at least 4 members (excludes halogenated alkanes) is 1. The highest BCUT2D eigenvalue weighted by molar-refractivity contribution is 6.27. The molecule has 0 bridgehead atoms. The van der Waals surface area contributed by atoms with Crippen LogP contribution in [0.25, 0.3) is 0 Å². The summed E-state index contributed by atoms with van der Waals surface area (Å²) >= 11 is 0. The lowest BCUT2D eigenvalue weighted by Crippen LogP contribution is -2.26. The third kappa shape index (κ3) is 11.3. The van der Waals surface area contributed by atoms with Crippen LogP contribution in [0.1, 0.15) is 33.1 Å². The Labute approximate surface area is 142 Å². The Bertz CT molecular complexity index is 480. The van der Waals surface area contributed by atoms with Crippen molar-refractivity contribution in [1.82, 2.24) is 5.32 Å². The van der Waals surface area contributed by atoms with Crippen LogP contribution >= 0.6 is 0 Å². The zero-order valence-corrected chi connectivity index (χ0v) is 14.4. The Morgan fingerprint density at radius 1 is 1.17 bits per heavy atom. The molecule has 1 rings (SSSR count). The maximum Gasteiger partial charge on any atom is 0.414 e. The van der Waals surface area contributed by atoms with Crippen molar-refractivity contribution >= 4 is 11.9 Å². The molecule has 0 saturated heterocycles. The van der Waals surface area contributed by atoms with E-state index in [0.29, 0.717) is 6.04 Å². The molecular formula is C17H27NO6. The molecule has 0 aliphatic heterocycles. The minimum Gasteiger partial charge on any atom is -0.497 e. The SMILES string of the molecule is CCC(C)NCCCCOc1cccc(OC)c1.O=C(O)C(=O)O. The van der Waals surface area contributed by atoms with Gasteiger partial charge in [0.1, 0.15) is 11.5 Å². The van der Waals surface area contributed by atoms with Gasteiger partial charge in [0.05, 0.1) is 13.7 Å². The maximum absolute atomic E-state index is 9.10. The minimum absolute atomic E-state index is 0.615. The standard InChI is InChI=1S/C15H25NO2.C2H2O4/c1-4-13(2)16-10-5-6-11-18-15-9-7-8-14(12-15)17-3;3-1(4)2(5)6/h7-9,12-13,16H,4-6,10-11H2,1-3H3;(H,3,4)(H,5,6). The van der Waals surface area contributed by atoms with E-state index in [0.717, 1.165) is 37.5 Å². The van der Waals surface area contributed by atoms with Gasteiger partial charge in [0, 0.05) is 12.1 Å². The first-order valence-corrected chi connectivity index (χ1v) is 7.87. The van der Waals surface area contributed by atoms with Gasteiger partial charge in [0.15, 0.2) is 0 Å². The summed E-state index contributed by atoms with van der Waals surface area (Å²) in [4.78, 5) is 18.2. The van der Waals surface area contributed by atoms with Gasteiger partial charge >= 0.3 is 11.9 Å². The van der Waals surface area contributed by atoms with Crippen molar-refractivity contribution in [1.29, 1.82) is 0 Å². The minimum atomic E-state index is -1.82. The molecule has 0 aliphatic rings. The quantitative estimate of drug-likeness (QED) is 0.468. The van der Waals surface area contributed by atoms with Gasteiger partial charge in [-0.3, -0.25) is 0 Å². The lowest BCUT2D eigenvalue weighted by atomic mass is 10.2. The second kappa shape index (κ2) is 13.2. The largest absolute Gasteiger partial charge is 0.497 e. The van der Waals surface area contributed by atoms with Crippen molar-refractivity contribution in [3.05, 3.63) is 24.3 Å². The van der Waals surface area contributed by atoms with E-state index < -0.39 is 11.9 Å². The van der Waals surface area contributed by atoms with Crippen LogP contribution < -0.4 is 14.8 Å². The molecule has 0 aromatic heterocycles. The average molecular weight is 341 g/mol. The Hall–Kier alpha value is -2.28. The number of carbonyl (C=O) groups is 2. The summed E-state index contributed by atoms with van der Waals surface area (Å²) in [6.45, 7) is 6.24. The number of carboxylic acid groups (broad SMARTS) is 2. The van der Waals surface area contributed by atoms with E-state index in [-0.39, 0.29) is 0 Å². The van der Waals surface area contributed by atoms with Crippen molar-refractivity contribution in [2.24, 2.45) is 0 Å². The fraction of sp³-hybridized carbons (Fsp3) is 0.529. The lowest BCUT2D eigenvalue weighted by molar-refractivity contribution is -0.159. The van der Waals surface area contributed by atoms with Crippen LogP contribution in [0.2, 0.25) is 0 Å². The first-order valence-electron chi connectivity index (χ1n) is 7.87. The van der Waals surface area contributed by atoms with Crippen LogP contribution in [0.4, 0.5) is 0 Å². The third-order valence-corrected chi connectivity index (χ3v) is 3.17. The molecule has 0 spiro atoms. The topological polar surface area (TPSA) is 105 Å². The first kappa shape index (κ1) is 21.7. The Morgan fingerprint density at radius 2 is 1.79 bits per heavy atom. The van der Waals surface area contributed by atoms with Crippen LogP contribution in [-0.2, 0) is 9.59 Å². The second-order valence-corrected chi connectivity index (χ2v) is 5.11. The molecule has 0 radical (unpaired) electrons. The fourth-order valence-corrected chi connectivity index (χ4v) is 1.60. The van der Waals surface area contributed by atoms with E-state index in [9.17, 15) is 0 Å². The second-order valence-electron chi connectivity index (χ2n) is 5.11. The van der Waals surface area contributed by atoms with Crippen molar-refractivity contribution < 1.29 is 29.3 Å². The smallest absolute Gasteiger partial charge is 0.414 e. The molecule has 1 aromatic rings. The van der Waals surface area contributed by atoms with Crippen molar-refractivity contribution in [3.8, 4) is 11.5 Å². The Morgan fingerprint density at radius 3 is 2.33 bits per heavy atom. The fourth-order valence-electron chi connectivity index (χ4n) is 1.60. The molecule has 0 heterocycles. The summed E-state index contributed by atoms with van der Waals surface area (Å²) in [5.41, 5.74) is 0. The zero-order valence-electron chi connectivity index (χ0n) is 14.4. The van der Waals surface area contributed by atoms with Crippen LogP contribution in [0.3, 0.4) is 0 Å². The molecule has 1 unspecified atom stereocenters. The zero-order chi connectivity index (χ0) is 18.4. The molecule has 0 amide bonds. The highest BCUT2D eigenvalue weighted by Gasteiger charge is 2.04. The number of rotatable bonds is 9. The number of benzene rings is 1. The van der Waals surface area contributed by atoms with E-state index >= 15 is 0 Å². The predicted octanol–water partition coefficient (Wildman–Crippen LogP) is 2.40. The first-order chi connectivity index (χ1) is 11.4. The number of aliphatic carboxylic acids is 2. The number of hydrogen-bond donors (Lipinski definition) is 3.